The zero-order chi connectivity index (χ0) is 24.1. The molecule has 0 unspecified atom stereocenters. The number of imidazole rings is 1. The molecule has 0 spiro atoms. The van der Waals surface area contributed by atoms with Gasteiger partial charge in [0.05, 0.1) is 11.2 Å². The van der Waals surface area contributed by atoms with Gasteiger partial charge in [-0.25, -0.2) is 19.2 Å². The van der Waals surface area contributed by atoms with Gasteiger partial charge in [0, 0.05) is 62.1 Å². The molecule has 0 bridgehead atoms. The van der Waals surface area contributed by atoms with Crippen LogP contribution in [-0.4, -0.2) is 62.4 Å². The molecule has 4 aromatic rings. The van der Waals surface area contributed by atoms with Crippen LogP contribution in [0.5, 0.6) is 0 Å². The topological polar surface area (TPSA) is 98.6 Å². The van der Waals surface area contributed by atoms with Crippen molar-refractivity contribution in [2.75, 3.05) is 31.1 Å². The van der Waals surface area contributed by atoms with Crippen molar-refractivity contribution in [3.63, 3.8) is 0 Å². The van der Waals surface area contributed by atoms with E-state index in [2.05, 4.69) is 25.2 Å². The highest BCUT2D eigenvalue weighted by molar-refractivity contribution is 5.93. The van der Waals surface area contributed by atoms with Gasteiger partial charge in [-0.15, -0.1) is 0 Å². The molecule has 2 aliphatic rings. The van der Waals surface area contributed by atoms with Crippen molar-refractivity contribution in [3.8, 4) is 0 Å². The van der Waals surface area contributed by atoms with E-state index in [4.69, 9.17) is 0 Å². The van der Waals surface area contributed by atoms with E-state index in [0.717, 1.165) is 12.8 Å². The van der Waals surface area contributed by atoms with Crippen molar-refractivity contribution in [3.05, 3.63) is 70.2 Å². The summed E-state index contributed by atoms with van der Waals surface area (Å²) in [6, 6.07) is 6.80. The lowest BCUT2D eigenvalue weighted by atomic mass is 10.1. The Bertz CT molecular complexity index is 1500. The Kier molecular flexibility index (Phi) is 5.21. The second-order valence-electron chi connectivity index (χ2n) is 9.03. The summed E-state index contributed by atoms with van der Waals surface area (Å²) >= 11 is 0. The van der Waals surface area contributed by atoms with Gasteiger partial charge < -0.3 is 15.2 Å². The number of carbonyl (C=O) groups excluding carboxylic acids is 1. The van der Waals surface area contributed by atoms with Gasteiger partial charge in [0.2, 0.25) is 5.95 Å². The maximum absolute atomic E-state index is 15.3. The minimum absolute atomic E-state index is 0.0780. The molecule has 1 saturated heterocycles. The van der Waals surface area contributed by atoms with Crippen LogP contribution in [0.2, 0.25) is 0 Å². The molecule has 11 heteroatoms. The molecule has 0 radical (unpaired) electrons. The third-order valence-corrected chi connectivity index (χ3v) is 6.64. The first-order valence-electron chi connectivity index (χ1n) is 11.6. The Morgan fingerprint density at radius 2 is 1.91 bits per heavy atom. The standard InChI is InChI=1S/C24H23F2N7O2/c25-19-14(1-4-16-20(19)30-24(35)33-8-7-27-22(16)33)13-31-9-11-32(12-10-31)18-6-5-17(29-21(18)26)23(34)28-15-2-3-15/h1,4-8,15H,2-3,9-13H2,(H,28,34)(H,30,35). The Morgan fingerprint density at radius 1 is 1.11 bits per heavy atom. The van der Waals surface area contributed by atoms with Crippen LogP contribution in [0, 0.1) is 11.8 Å². The highest BCUT2D eigenvalue weighted by Crippen LogP contribution is 2.25. The fraction of sp³-hybridized carbons (Fsp3) is 0.333. The first-order valence-corrected chi connectivity index (χ1v) is 11.6. The lowest BCUT2D eigenvalue weighted by Gasteiger charge is -2.36. The number of pyridine rings is 1. The molecule has 0 atom stereocenters. The number of aromatic nitrogens is 4. The number of carbonyl (C=O) groups is 1. The smallest absolute Gasteiger partial charge is 0.331 e. The second-order valence-corrected chi connectivity index (χ2v) is 9.03. The first kappa shape index (κ1) is 21.7. The van der Waals surface area contributed by atoms with Crippen LogP contribution in [0.1, 0.15) is 28.9 Å². The van der Waals surface area contributed by atoms with Gasteiger partial charge in [-0.05, 0) is 31.0 Å². The molecule has 1 saturated carbocycles. The van der Waals surface area contributed by atoms with Crippen LogP contribution in [0.3, 0.4) is 0 Å². The highest BCUT2D eigenvalue weighted by Gasteiger charge is 2.26. The van der Waals surface area contributed by atoms with Crippen molar-refractivity contribution in [1.29, 1.82) is 0 Å². The quantitative estimate of drug-likeness (QED) is 0.426. The number of amides is 1. The Labute approximate surface area is 198 Å². The molecule has 1 amide bonds. The van der Waals surface area contributed by atoms with E-state index in [1.165, 1.54) is 16.8 Å². The van der Waals surface area contributed by atoms with Gasteiger partial charge in [0.25, 0.3) is 5.91 Å². The number of nitrogens with zero attached hydrogens (tertiary/aromatic N) is 5. The maximum atomic E-state index is 15.3. The predicted molar refractivity (Wildman–Crippen MR) is 125 cm³/mol. The number of piperazine rings is 1. The van der Waals surface area contributed by atoms with E-state index in [0.29, 0.717) is 55.0 Å². The summed E-state index contributed by atoms with van der Waals surface area (Å²) in [5.41, 5.74) is 1.01. The summed E-state index contributed by atoms with van der Waals surface area (Å²) in [5.74, 6) is -1.49. The van der Waals surface area contributed by atoms with Crippen LogP contribution < -0.4 is 15.9 Å². The SMILES string of the molecule is O=C(NC1CC1)c1ccc(N2CCN(Cc3ccc4c([nH]c(=O)n5ccnc45)c3F)CC2)c(F)n1. The Hall–Kier alpha value is -3.86. The van der Waals surface area contributed by atoms with E-state index in [1.54, 1.807) is 24.3 Å². The third-order valence-electron chi connectivity index (χ3n) is 6.64. The molecule has 35 heavy (non-hydrogen) atoms. The number of H-pyrrole nitrogens is 1. The van der Waals surface area contributed by atoms with Gasteiger partial charge in [-0.3, -0.25) is 14.1 Å². The summed E-state index contributed by atoms with van der Waals surface area (Å²) in [6.07, 6.45) is 4.94. The van der Waals surface area contributed by atoms with Crippen LogP contribution in [0.15, 0.2) is 41.5 Å². The average molecular weight is 479 g/mol. The predicted octanol–water partition coefficient (Wildman–Crippen LogP) is 2.06. The molecule has 180 valence electrons. The minimum atomic E-state index is -0.670. The molecule has 3 aromatic heterocycles. The number of hydrogen-bond acceptors (Lipinski definition) is 6. The fourth-order valence-corrected chi connectivity index (χ4v) is 4.55. The lowest BCUT2D eigenvalue weighted by molar-refractivity contribution is 0.0945. The number of rotatable bonds is 5. The molecule has 9 nitrogen and oxygen atoms in total. The Morgan fingerprint density at radius 3 is 2.66 bits per heavy atom. The van der Waals surface area contributed by atoms with E-state index in [-0.39, 0.29) is 23.2 Å². The van der Waals surface area contributed by atoms with Crippen molar-refractivity contribution < 1.29 is 13.6 Å². The number of hydrogen-bond donors (Lipinski definition) is 2. The molecular formula is C24H23F2N7O2. The van der Waals surface area contributed by atoms with Crippen molar-refractivity contribution in [1.82, 2.24) is 29.6 Å². The van der Waals surface area contributed by atoms with E-state index < -0.39 is 17.5 Å². The molecule has 4 heterocycles. The highest BCUT2D eigenvalue weighted by atomic mass is 19.1. The number of benzene rings is 1. The largest absolute Gasteiger partial charge is 0.365 e. The van der Waals surface area contributed by atoms with E-state index >= 15 is 4.39 Å². The summed E-state index contributed by atoms with van der Waals surface area (Å²) in [4.78, 5) is 39.0. The van der Waals surface area contributed by atoms with Gasteiger partial charge in [0.15, 0.2) is 5.82 Å². The summed E-state index contributed by atoms with van der Waals surface area (Å²) in [6.45, 7) is 2.62. The number of fused-ring (bicyclic) bond motifs is 3. The summed E-state index contributed by atoms with van der Waals surface area (Å²) in [7, 11) is 0. The van der Waals surface area contributed by atoms with Gasteiger partial charge in [-0.2, -0.15) is 4.39 Å². The molecule has 2 fully saturated rings. The van der Waals surface area contributed by atoms with Crippen molar-refractivity contribution in [2.24, 2.45) is 0 Å². The Balaban J connectivity index is 1.14. The third kappa shape index (κ3) is 4.01. The maximum Gasteiger partial charge on any atom is 0.331 e. The van der Waals surface area contributed by atoms with Gasteiger partial charge in [-0.1, -0.05) is 6.07 Å². The lowest BCUT2D eigenvalue weighted by Crippen LogP contribution is -2.46. The zero-order valence-electron chi connectivity index (χ0n) is 18.8. The first-order chi connectivity index (χ1) is 17.0. The number of anilines is 1. The van der Waals surface area contributed by atoms with E-state index in [1.807, 2.05) is 4.90 Å². The average Bonchev–Trinajstić information content (AvgIpc) is 3.52. The molecule has 6 rings (SSSR count). The van der Waals surface area contributed by atoms with Crippen LogP contribution in [0.4, 0.5) is 14.5 Å². The summed E-state index contributed by atoms with van der Waals surface area (Å²) in [5, 5.41) is 3.35. The van der Waals surface area contributed by atoms with Gasteiger partial charge in [0.1, 0.15) is 11.3 Å². The fourth-order valence-electron chi connectivity index (χ4n) is 4.55. The molecular weight excluding hydrogens is 456 g/mol. The molecule has 1 aromatic carbocycles. The molecule has 1 aliphatic heterocycles. The van der Waals surface area contributed by atoms with Crippen molar-refractivity contribution >= 4 is 28.1 Å². The second kappa shape index (κ2) is 8.42. The molecule has 2 N–H and O–H groups in total. The number of halogens is 2. The number of aromatic amines is 1. The van der Waals surface area contributed by atoms with Gasteiger partial charge >= 0.3 is 5.69 Å². The normalized spacial score (nSPS) is 16.8. The monoisotopic (exact) mass is 479 g/mol. The minimum Gasteiger partial charge on any atom is -0.365 e. The van der Waals surface area contributed by atoms with Crippen molar-refractivity contribution in [2.45, 2.75) is 25.4 Å². The van der Waals surface area contributed by atoms with Crippen LogP contribution in [-0.2, 0) is 6.54 Å². The summed E-state index contributed by atoms with van der Waals surface area (Å²) < 4.78 is 31.3. The van der Waals surface area contributed by atoms with Crippen LogP contribution >= 0.6 is 0 Å². The number of nitrogens with one attached hydrogen (secondary N) is 2. The van der Waals surface area contributed by atoms with Crippen LogP contribution in [0.25, 0.3) is 16.6 Å². The van der Waals surface area contributed by atoms with E-state index in [9.17, 15) is 14.0 Å². The molecule has 1 aliphatic carbocycles. The zero-order valence-corrected chi connectivity index (χ0v) is 18.8.